The second-order valence-electron chi connectivity index (χ2n) is 3.79. The van der Waals surface area contributed by atoms with Gasteiger partial charge in [-0.15, -0.1) is 0 Å². The molecule has 0 fully saturated rings. The molecule has 1 amide bonds. The molecule has 1 N–H and O–H groups in total. The van der Waals surface area contributed by atoms with Crippen molar-refractivity contribution in [2.45, 2.75) is 0 Å². The molecular formula is C13H11BrN2O4S. The predicted octanol–water partition coefficient (Wildman–Crippen LogP) is 2.71. The van der Waals surface area contributed by atoms with Crippen LogP contribution in [0.4, 0.5) is 5.13 Å². The Labute approximate surface area is 133 Å². The highest BCUT2D eigenvalue weighted by Gasteiger charge is 2.15. The van der Waals surface area contributed by atoms with Gasteiger partial charge in [0.25, 0.3) is 5.91 Å². The van der Waals surface area contributed by atoms with Crippen molar-refractivity contribution in [2.24, 2.45) is 0 Å². The molecular weight excluding hydrogens is 360 g/mol. The van der Waals surface area contributed by atoms with Crippen molar-refractivity contribution in [1.29, 1.82) is 0 Å². The third-order valence-electron chi connectivity index (χ3n) is 2.39. The number of nitrogens with zero attached hydrogens (tertiary/aromatic N) is 1. The maximum absolute atomic E-state index is 11.9. The lowest BCUT2D eigenvalue weighted by Gasteiger charge is -2.08. The van der Waals surface area contributed by atoms with Crippen LogP contribution in [0.15, 0.2) is 34.2 Å². The number of thiazole rings is 1. The zero-order valence-corrected chi connectivity index (χ0v) is 13.4. The Bertz CT molecular complexity index is 659. The van der Waals surface area contributed by atoms with E-state index in [0.29, 0.717) is 10.9 Å². The minimum atomic E-state index is -0.622. The van der Waals surface area contributed by atoms with Crippen molar-refractivity contribution < 1.29 is 19.1 Å². The molecule has 0 saturated carbocycles. The van der Waals surface area contributed by atoms with Gasteiger partial charge in [-0.1, -0.05) is 23.5 Å². The zero-order chi connectivity index (χ0) is 15.2. The third-order valence-corrected chi connectivity index (χ3v) is 3.78. The standard InChI is InChI=1S/C13H11BrN2O4S/c1-19-9-5-3-2-4-8(9)12(18)20-7-11(17)16-13-15-6-10(14)21-13/h2-6H,7H2,1H3,(H,15,16,17). The summed E-state index contributed by atoms with van der Waals surface area (Å²) in [6.07, 6.45) is 1.57. The highest BCUT2D eigenvalue weighted by atomic mass is 79.9. The third kappa shape index (κ3) is 4.27. The first-order valence-electron chi connectivity index (χ1n) is 5.81. The Morgan fingerprint density at radius 1 is 1.38 bits per heavy atom. The number of nitrogens with one attached hydrogen (secondary N) is 1. The van der Waals surface area contributed by atoms with Crippen molar-refractivity contribution in [3.63, 3.8) is 0 Å². The normalized spacial score (nSPS) is 10.0. The van der Waals surface area contributed by atoms with Crippen LogP contribution in [0.3, 0.4) is 0 Å². The van der Waals surface area contributed by atoms with Crippen molar-refractivity contribution in [2.75, 3.05) is 19.0 Å². The molecule has 8 heteroatoms. The van der Waals surface area contributed by atoms with Crippen molar-refractivity contribution >= 4 is 44.3 Å². The van der Waals surface area contributed by atoms with E-state index in [1.54, 1.807) is 30.5 Å². The first-order chi connectivity index (χ1) is 10.1. The van der Waals surface area contributed by atoms with Gasteiger partial charge in [-0.2, -0.15) is 0 Å². The van der Waals surface area contributed by atoms with Gasteiger partial charge in [0.1, 0.15) is 11.3 Å². The molecule has 2 rings (SSSR count). The number of halogens is 1. The van der Waals surface area contributed by atoms with E-state index < -0.39 is 18.5 Å². The van der Waals surface area contributed by atoms with Crippen LogP contribution in [0.2, 0.25) is 0 Å². The molecule has 1 aromatic heterocycles. The minimum Gasteiger partial charge on any atom is -0.496 e. The van der Waals surface area contributed by atoms with E-state index in [-0.39, 0.29) is 5.56 Å². The quantitative estimate of drug-likeness (QED) is 0.818. The lowest BCUT2D eigenvalue weighted by atomic mass is 10.2. The van der Waals surface area contributed by atoms with Crippen LogP contribution in [0.5, 0.6) is 5.75 Å². The summed E-state index contributed by atoms with van der Waals surface area (Å²) < 4.78 is 10.8. The summed E-state index contributed by atoms with van der Waals surface area (Å²) in [7, 11) is 1.46. The molecule has 0 atom stereocenters. The SMILES string of the molecule is COc1ccccc1C(=O)OCC(=O)Nc1ncc(Br)s1. The molecule has 0 aliphatic carbocycles. The molecule has 0 radical (unpaired) electrons. The number of benzene rings is 1. The van der Waals surface area contributed by atoms with E-state index >= 15 is 0 Å². The van der Waals surface area contributed by atoms with Crippen LogP contribution < -0.4 is 10.1 Å². The molecule has 1 heterocycles. The van der Waals surface area contributed by atoms with Crippen LogP contribution in [0, 0.1) is 0 Å². The summed E-state index contributed by atoms with van der Waals surface area (Å²) in [5.74, 6) is -0.685. The smallest absolute Gasteiger partial charge is 0.342 e. The van der Waals surface area contributed by atoms with E-state index in [1.165, 1.54) is 18.4 Å². The summed E-state index contributed by atoms with van der Waals surface area (Å²) >= 11 is 4.50. The molecule has 1 aromatic carbocycles. The number of para-hydroxylation sites is 1. The highest BCUT2D eigenvalue weighted by molar-refractivity contribution is 9.11. The molecule has 6 nitrogen and oxygen atoms in total. The van der Waals surface area contributed by atoms with Gasteiger partial charge < -0.3 is 9.47 Å². The lowest BCUT2D eigenvalue weighted by molar-refractivity contribution is -0.119. The number of esters is 1. The van der Waals surface area contributed by atoms with E-state index in [0.717, 1.165) is 3.79 Å². The number of carbonyl (C=O) groups is 2. The number of methoxy groups -OCH3 is 1. The maximum Gasteiger partial charge on any atom is 0.342 e. The van der Waals surface area contributed by atoms with Gasteiger partial charge in [-0.25, -0.2) is 9.78 Å². The Balaban J connectivity index is 1.90. The molecule has 110 valence electrons. The molecule has 2 aromatic rings. The number of hydrogen-bond acceptors (Lipinski definition) is 6. The van der Waals surface area contributed by atoms with Crippen LogP contribution in [-0.4, -0.2) is 30.6 Å². The second-order valence-corrected chi connectivity index (χ2v) is 6.20. The van der Waals surface area contributed by atoms with Gasteiger partial charge in [0, 0.05) is 0 Å². The largest absolute Gasteiger partial charge is 0.496 e. The van der Waals surface area contributed by atoms with Gasteiger partial charge in [0.05, 0.1) is 17.1 Å². The average Bonchev–Trinajstić information content (AvgIpc) is 2.89. The van der Waals surface area contributed by atoms with Crippen LogP contribution in [-0.2, 0) is 9.53 Å². The van der Waals surface area contributed by atoms with Gasteiger partial charge in [-0.05, 0) is 28.1 Å². The number of anilines is 1. The summed E-state index contributed by atoms with van der Waals surface area (Å²) in [5.41, 5.74) is 0.268. The summed E-state index contributed by atoms with van der Waals surface area (Å²) in [4.78, 5) is 27.5. The van der Waals surface area contributed by atoms with Crippen molar-refractivity contribution in [3.05, 3.63) is 39.8 Å². The highest BCUT2D eigenvalue weighted by Crippen LogP contribution is 2.23. The number of aromatic nitrogens is 1. The number of hydrogen-bond donors (Lipinski definition) is 1. The number of ether oxygens (including phenoxy) is 2. The molecule has 0 bridgehead atoms. The van der Waals surface area contributed by atoms with E-state index in [9.17, 15) is 9.59 Å². The molecule has 0 aliphatic heterocycles. The van der Waals surface area contributed by atoms with Crippen molar-refractivity contribution in [3.8, 4) is 5.75 Å². The first-order valence-corrected chi connectivity index (χ1v) is 7.42. The maximum atomic E-state index is 11.9. The Morgan fingerprint density at radius 3 is 2.81 bits per heavy atom. The second kappa shape index (κ2) is 7.19. The van der Waals surface area contributed by atoms with Crippen LogP contribution in [0.25, 0.3) is 0 Å². The van der Waals surface area contributed by atoms with Crippen molar-refractivity contribution in [1.82, 2.24) is 4.98 Å². The summed E-state index contributed by atoms with van der Waals surface area (Å²) in [6.45, 7) is -0.395. The summed E-state index contributed by atoms with van der Waals surface area (Å²) in [6, 6.07) is 6.63. The van der Waals surface area contributed by atoms with Gasteiger partial charge in [0.2, 0.25) is 0 Å². The Hall–Kier alpha value is -1.93. The van der Waals surface area contributed by atoms with Gasteiger partial charge >= 0.3 is 5.97 Å². The molecule has 21 heavy (non-hydrogen) atoms. The number of amides is 1. The molecule has 0 unspecified atom stereocenters. The number of rotatable bonds is 5. The van der Waals surface area contributed by atoms with Crippen LogP contribution in [0.1, 0.15) is 10.4 Å². The minimum absolute atomic E-state index is 0.268. The monoisotopic (exact) mass is 370 g/mol. The predicted molar refractivity (Wildman–Crippen MR) is 81.7 cm³/mol. The Morgan fingerprint density at radius 2 is 2.14 bits per heavy atom. The summed E-state index contributed by atoms with van der Waals surface area (Å²) in [5, 5.41) is 2.96. The fourth-order valence-electron chi connectivity index (χ4n) is 1.49. The average molecular weight is 371 g/mol. The topological polar surface area (TPSA) is 77.5 Å². The first kappa shape index (κ1) is 15.5. The fourth-order valence-corrected chi connectivity index (χ4v) is 2.61. The van der Waals surface area contributed by atoms with E-state index in [4.69, 9.17) is 9.47 Å². The lowest BCUT2D eigenvalue weighted by Crippen LogP contribution is -2.21. The molecule has 0 spiro atoms. The van der Waals surface area contributed by atoms with Crippen LogP contribution >= 0.6 is 27.3 Å². The van der Waals surface area contributed by atoms with E-state index in [1.807, 2.05) is 0 Å². The van der Waals surface area contributed by atoms with Gasteiger partial charge in [-0.3, -0.25) is 10.1 Å². The van der Waals surface area contributed by atoms with E-state index in [2.05, 4.69) is 26.2 Å². The van der Waals surface area contributed by atoms with Gasteiger partial charge in [0.15, 0.2) is 11.7 Å². The number of carbonyl (C=O) groups excluding carboxylic acids is 2. The zero-order valence-electron chi connectivity index (χ0n) is 11.0. The molecule has 0 saturated heterocycles. The molecule has 0 aliphatic rings. The fraction of sp³-hybridized carbons (Fsp3) is 0.154. The Kier molecular flexibility index (Phi) is 5.29.